The predicted octanol–water partition coefficient (Wildman–Crippen LogP) is 5.05. The second-order valence-corrected chi connectivity index (χ2v) is 7.62. The van der Waals surface area contributed by atoms with Crippen molar-refractivity contribution in [1.82, 2.24) is 4.67 Å². The lowest BCUT2D eigenvalue weighted by molar-refractivity contribution is -0.161. The van der Waals surface area contributed by atoms with Crippen molar-refractivity contribution < 1.29 is 48.7 Å². The molecule has 0 N–H and O–H groups in total. The van der Waals surface area contributed by atoms with E-state index in [1.165, 1.54) is 27.7 Å². The van der Waals surface area contributed by atoms with Gasteiger partial charge in [0.25, 0.3) is 0 Å². The third-order valence-electron chi connectivity index (χ3n) is 2.82. The minimum atomic E-state index is -5.01. The number of hydrogen-bond donors (Lipinski definition) is 0. The summed E-state index contributed by atoms with van der Waals surface area (Å²) in [6.45, 7) is 1.29. The van der Waals surface area contributed by atoms with Gasteiger partial charge in [-0.1, -0.05) is 0 Å². The van der Waals surface area contributed by atoms with Crippen LogP contribution in [0.1, 0.15) is 27.7 Å². The Morgan fingerprint density at radius 1 is 0.800 bits per heavy atom. The maximum Gasteiger partial charge on any atom is 0.409 e. The molecule has 0 atom stereocenters. The highest BCUT2D eigenvalue weighted by atomic mass is 31.2. The summed E-state index contributed by atoms with van der Waals surface area (Å²) in [5.74, 6) is -9.46. The molecule has 0 amide bonds. The molecule has 0 unspecified atom stereocenters. The van der Waals surface area contributed by atoms with Crippen LogP contribution >= 0.6 is 7.75 Å². The molecule has 0 bridgehead atoms. The Bertz CT molecular complexity index is 426. The van der Waals surface area contributed by atoms with E-state index in [0.717, 1.165) is 4.67 Å². The largest absolute Gasteiger partial charge is 0.409 e. The minimum Gasteiger partial charge on any atom is -0.290 e. The van der Waals surface area contributed by atoms with Gasteiger partial charge in [0.2, 0.25) is 0 Å². The van der Waals surface area contributed by atoms with Crippen LogP contribution in [0.25, 0.3) is 0 Å². The van der Waals surface area contributed by atoms with Crippen LogP contribution in [-0.2, 0) is 13.6 Å². The van der Waals surface area contributed by atoms with Gasteiger partial charge in [0.05, 0.1) is 0 Å². The lowest BCUT2D eigenvalue weighted by atomic mass is 10.3. The van der Waals surface area contributed by atoms with E-state index in [2.05, 4.69) is 9.05 Å². The molecule has 0 heterocycles. The van der Waals surface area contributed by atoms with Crippen molar-refractivity contribution >= 4 is 7.75 Å². The van der Waals surface area contributed by atoms with Crippen LogP contribution in [-0.4, -0.2) is 54.7 Å². The van der Waals surface area contributed by atoms with Gasteiger partial charge < -0.3 is 0 Å². The highest BCUT2D eigenvalue weighted by molar-refractivity contribution is 7.51. The second-order valence-electron chi connectivity index (χ2n) is 5.71. The van der Waals surface area contributed by atoms with Crippen LogP contribution in [0, 0.1) is 0 Å². The first-order valence-electron chi connectivity index (χ1n) is 7.06. The molecule has 0 fully saturated rings. The Morgan fingerprint density at radius 3 is 1.28 bits per heavy atom. The third kappa shape index (κ3) is 6.99. The maximum absolute atomic E-state index is 13.0. The molecular formula is C12H20F8NO3P. The summed E-state index contributed by atoms with van der Waals surface area (Å²) in [6.07, 6.45) is -8.34. The zero-order chi connectivity index (χ0) is 20.2. The van der Waals surface area contributed by atoms with Crippen molar-refractivity contribution in [3.05, 3.63) is 0 Å². The van der Waals surface area contributed by atoms with Crippen LogP contribution in [0.3, 0.4) is 0 Å². The number of halogens is 8. The van der Waals surface area contributed by atoms with Gasteiger partial charge >= 0.3 is 32.4 Å². The van der Waals surface area contributed by atoms with Gasteiger partial charge in [-0.25, -0.2) is 26.8 Å². The van der Waals surface area contributed by atoms with Crippen molar-refractivity contribution in [3.63, 3.8) is 0 Å². The predicted molar refractivity (Wildman–Crippen MR) is 73.5 cm³/mol. The normalized spacial score (nSPS) is 14.6. The summed E-state index contributed by atoms with van der Waals surface area (Å²) in [7, 11) is -5.01. The number of rotatable bonds is 11. The fourth-order valence-corrected chi connectivity index (χ4v) is 3.94. The maximum atomic E-state index is 13.0. The fourth-order valence-electron chi connectivity index (χ4n) is 1.79. The van der Waals surface area contributed by atoms with Crippen molar-refractivity contribution in [2.75, 3.05) is 13.2 Å². The van der Waals surface area contributed by atoms with E-state index in [1.807, 2.05) is 0 Å². The van der Waals surface area contributed by atoms with E-state index in [-0.39, 0.29) is 0 Å². The summed E-state index contributed by atoms with van der Waals surface area (Å²) >= 11 is 0. The Kier molecular flexibility index (Phi) is 8.80. The average Bonchev–Trinajstić information content (AvgIpc) is 2.42. The Balaban J connectivity index is 5.54. The molecule has 25 heavy (non-hydrogen) atoms. The van der Waals surface area contributed by atoms with Crippen LogP contribution in [0.5, 0.6) is 0 Å². The first-order valence-corrected chi connectivity index (χ1v) is 8.56. The zero-order valence-electron chi connectivity index (χ0n) is 13.9. The van der Waals surface area contributed by atoms with Crippen LogP contribution in [0.15, 0.2) is 0 Å². The van der Waals surface area contributed by atoms with E-state index in [1.54, 1.807) is 0 Å². The summed E-state index contributed by atoms with van der Waals surface area (Å²) in [5, 5.41) is 0. The molecule has 0 aromatic heterocycles. The standard InChI is InChI=1S/C12H20F8NO3P/c1-7(2)21(8(3)4)25(22,23-5-11(17,18)9(13)14)24-6-12(19,20)10(15)16/h7-10H,5-6H2,1-4H3. The third-order valence-corrected chi connectivity index (χ3v) is 5.22. The molecule has 0 rings (SSSR count). The molecule has 0 radical (unpaired) electrons. The van der Waals surface area contributed by atoms with E-state index in [9.17, 15) is 39.7 Å². The van der Waals surface area contributed by atoms with Gasteiger partial charge in [-0.05, 0) is 27.7 Å². The highest BCUT2D eigenvalue weighted by Gasteiger charge is 2.49. The first-order chi connectivity index (χ1) is 11.1. The van der Waals surface area contributed by atoms with Gasteiger partial charge in [0, 0.05) is 12.1 Å². The summed E-state index contributed by atoms with van der Waals surface area (Å²) in [6, 6.07) is -1.57. The molecule has 0 aliphatic rings. The summed E-state index contributed by atoms with van der Waals surface area (Å²) in [5.41, 5.74) is 0. The molecular weight excluding hydrogens is 389 g/mol. The number of nitrogens with zero attached hydrogens (tertiary/aromatic N) is 1. The first kappa shape index (κ1) is 24.6. The fraction of sp³-hybridized carbons (Fsp3) is 1.00. The van der Waals surface area contributed by atoms with E-state index in [4.69, 9.17) is 0 Å². The SMILES string of the molecule is CC(C)N(C(C)C)P(=O)(OCC(F)(F)C(F)F)OCC(F)(F)C(F)F. The molecule has 4 nitrogen and oxygen atoms in total. The topological polar surface area (TPSA) is 38.8 Å². The van der Waals surface area contributed by atoms with Crippen LogP contribution in [0.2, 0.25) is 0 Å². The summed E-state index contributed by atoms with van der Waals surface area (Å²) in [4.78, 5) is 0. The molecule has 0 aliphatic carbocycles. The minimum absolute atomic E-state index is 0.746. The van der Waals surface area contributed by atoms with E-state index < -0.39 is 57.7 Å². The Hall–Kier alpha value is -0.450. The lowest BCUT2D eigenvalue weighted by Gasteiger charge is -2.36. The van der Waals surface area contributed by atoms with Gasteiger partial charge in [0.1, 0.15) is 13.2 Å². The molecule has 0 saturated heterocycles. The van der Waals surface area contributed by atoms with Crippen LogP contribution < -0.4 is 0 Å². The molecule has 0 aromatic carbocycles. The molecule has 0 saturated carbocycles. The molecule has 152 valence electrons. The van der Waals surface area contributed by atoms with Gasteiger partial charge in [-0.3, -0.25) is 9.05 Å². The quantitative estimate of drug-likeness (QED) is 0.354. The zero-order valence-corrected chi connectivity index (χ0v) is 14.8. The molecule has 0 aromatic rings. The molecule has 13 heteroatoms. The average molecular weight is 409 g/mol. The van der Waals surface area contributed by atoms with E-state index in [0.29, 0.717) is 0 Å². The summed E-state index contributed by atoms with van der Waals surface area (Å²) < 4.78 is 123. The van der Waals surface area contributed by atoms with Crippen molar-refractivity contribution in [3.8, 4) is 0 Å². The number of alkyl halides is 8. The van der Waals surface area contributed by atoms with Gasteiger partial charge in [-0.15, -0.1) is 0 Å². The lowest BCUT2D eigenvalue weighted by Crippen LogP contribution is -2.40. The Morgan fingerprint density at radius 2 is 1.08 bits per heavy atom. The van der Waals surface area contributed by atoms with E-state index >= 15 is 0 Å². The second kappa shape index (κ2) is 8.96. The smallest absolute Gasteiger partial charge is 0.290 e. The van der Waals surface area contributed by atoms with Crippen LogP contribution in [0.4, 0.5) is 35.1 Å². The highest BCUT2D eigenvalue weighted by Crippen LogP contribution is 2.56. The Labute approximate surface area is 140 Å². The van der Waals surface area contributed by atoms with Gasteiger partial charge in [-0.2, -0.15) is 17.6 Å². The molecule has 0 spiro atoms. The number of hydrogen-bond acceptors (Lipinski definition) is 3. The van der Waals surface area contributed by atoms with Gasteiger partial charge in [0.15, 0.2) is 0 Å². The van der Waals surface area contributed by atoms with Crippen molar-refractivity contribution in [2.24, 2.45) is 0 Å². The van der Waals surface area contributed by atoms with Crippen molar-refractivity contribution in [2.45, 2.75) is 64.5 Å². The molecule has 0 aliphatic heterocycles. The van der Waals surface area contributed by atoms with Crippen molar-refractivity contribution in [1.29, 1.82) is 0 Å². The monoisotopic (exact) mass is 409 g/mol.